The summed E-state index contributed by atoms with van der Waals surface area (Å²) in [7, 11) is 0. The lowest BCUT2D eigenvalue weighted by Crippen LogP contribution is -2.28. The fraction of sp³-hybridized carbons (Fsp3) is 0.600. The molecule has 0 spiro atoms. The molecule has 2 N–H and O–H groups in total. The zero-order chi connectivity index (χ0) is 11.6. The Kier molecular flexibility index (Phi) is 3.44. The van der Waals surface area contributed by atoms with Crippen molar-refractivity contribution in [2.24, 2.45) is 0 Å². The number of hydrogen-bond acceptors (Lipinski definition) is 4. The van der Waals surface area contributed by atoms with Gasteiger partial charge in [-0.2, -0.15) is 11.8 Å². The molecule has 1 unspecified atom stereocenters. The van der Waals surface area contributed by atoms with Crippen LogP contribution >= 0.6 is 23.4 Å². The molecule has 6 heteroatoms. The summed E-state index contributed by atoms with van der Waals surface area (Å²) in [6, 6.07) is 0. The Morgan fingerprint density at radius 2 is 2.56 bits per heavy atom. The Bertz CT molecular complexity index is 428. The van der Waals surface area contributed by atoms with Gasteiger partial charge in [0.2, 0.25) is 0 Å². The normalized spacial score (nSPS) is 24.6. The number of nitrogens with one attached hydrogen (secondary N) is 2. The minimum absolute atomic E-state index is 0.133. The maximum atomic E-state index is 11.2. The molecular formula is C10H14ClN3OS. The van der Waals surface area contributed by atoms with Crippen molar-refractivity contribution in [3.63, 3.8) is 0 Å². The standard InChI is InChI=1S/C10H14ClN3OS/c1-10(3-2-4-16-10)5-12-8-7(11)9(15)14-6-13-8/h6H,2-5H2,1H3,(H2,12,13,14,15). The van der Waals surface area contributed by atoms with Gasteiger partial charge in [0, 0.05) is 11.3 Å². The molecule has 0 amide bonds. The number of aromatic nitrogens is 2. The molecule has 1 aromatic rings. The average molecular weight is 260 g/mol. The fourth-order valence-corrected chi connectivity index (χ4v) is 3.17. The Hall–Kier alpha value is -0.680. The van der Waals surface area contributed by atoms with Crippen LogP contribution in [0.4, 0.5) is 5.82 Å². The van der Waals surface area contributed by atoms with Crippen molar-refractivity contribution in [3.8, 4) is 0 Å². The van der Waals surface area contributed by atoms with Crippen molar-refractivity contribution in [1.29, 1.82) is 0 Å². The second kappa shape index (κ2) is 4.67. The van der Waals surface area contributed by atoms with Gasteiger partial charge >= 0.3 is 0 Å². The van der Waals surface area contributed by atoms with Crippen LogP contribution in [0.2, 0.25) is 5.02 Å². The van der Waals surface area contributed by atoms with Gasteiger partial charge in [0.15, 0.2) is 5.82 Å². The molecule has 0 aromatic carbocycles. The minimum atomic E-state index is -0.302. The van der Waals surface area contributed by atoms with E-state index in [4.69, 9.17) is 11.6 Å². The molecule has 0 saturated carbocycles. The second-order valence-corrected chi connectivity index (χ2v) is 6.21. The summed E-state index contributed by atoms with van der Waals surface area (Å²) < 4.78 is 0.230. The van der Waals surface area contributed by atoms with E-state index in [1.165, 1.54) is 24.9 Å². The average Bonchev–Trinajstić information content (AvgIpc) is 2.68. The van der Waals surface area contributed by atoms with Crippen LogP contribution < -0.4 is 10.9 Å². The fourth-order valence-electron chi connectivity index (χ4n) is 1.75. The summed E-state index contributed by atoms with van der Waals surface area (Å²) in [4.78, 5) is 17.7. The van der Waals surface area contributed by atoms with Gasteiger partial charge in [0.25, 0.3) is 5.56 Å². The summed E-state index contributed by atoms with van der Waals surface area (Å²) in [5.41, 5.74) is -0.302. The lowest BCUT2D eigenvalue weighted by Gasteiger charge is -2.23. The topological polar surface area (TPSA) is 57.8 Å². The van der Waals surface area contributed by atoms with Crippen LogP contribution in [-0.4, -0.2) is 27.0 Å². The summed E-state index contributed by atoms with van der Waals surface area (Å²) >= 11 is 7.80. The van der Waals surface area contributed by atoms with Crippen molar-refractivity contribution < 1.29 is 0 Å². The van der Waals surface area contributed by atoms with Crippen LogP contribution in [0.25, 0.3) is 0 Å². The van der Waals surface area contributed by atoms with Crippen molar-refractivity contribution in [1.82, 2.24) is 9.97 Å². The van der Waals surface area contributed by atoms with E-state index in [1.807, 2.05) is 11.8 Å². The molecule has 1 fully saturated rings. The first-order valence-electron chi connectivity index (χ1n) is 5.22. The predicted octanol–water partition coefficient (Wildman–Crippen LogP) is 2.12. The minimum Gasteiger partial charge on any atom is -0.367 e. The molecule has 2 rings (SSSR count). The molecule has 0 aliphatic carbocycles. The van der Waals surface area contributed by atoms with Gasteiger partial charge in [0.05, 0.1) is 6.33 Å². The van der Waals surface area contributed by atoms with Crippen LogP contribution in [0.3, 0.4) is 0 Å². The molecule has 1 atom stereocenters. The molecule has 1 aromatic heterocycles. The Morgan fingerprint density at radius 3 is 3.25 bits per heavy atom. The summed E-state index contributed by atoms with van der Waals surface area (Å²) in [6.07, 6.45) is 3.80. The first-order chi connectivity index (χ1) is 7.61. The third kappa shape index (κ3) is 2.52. The van der Waals surface area contributed by atoms with Crippen LogP contribution in [0.1, 0.15) is 19.8 Å². The molecule has 1 aliphatic rings. The maximum Gasteiger partial charge on any atom is 0.271 e. The van der Waals surface area contributed by atoms with Gasteiger partial charge in [0.1, 0.15) is 5.02 Å². The SMILES string of the molecule is CC1(CNc2nc[nH]c(=O)c2Cl)CCCS1. The van der Waals surface area contributed by atoms with E-state index in [-0.39, 0.29) is 15.3 Å². The highest BCUT2D eigenvalue weighted by Crippen LogP contribution is 2.37. The lowest BCUT2D eigenvalue weighted by atomic mass is 10.1. The zero-order valence-corrected chi connectivity index (χ0v) is 10.6. The highest BCUT2D eigenvalue weighted by molar-refractivity contribution is 8.00. The summed E-state index contributed by atoms with van der Waals surface area (Å²) in [5, 5.41) is 3.29. The van der Waals surface area contributed by atoms with Gasteiger partial charge in [-0.15, -0.1) is 0 Å². The van der Waals surface area contributed by atoms with E-state index in [1.54, 1.807) is 0 Å². The number of halogens is 1. The van der Waals surface area contributed by atoms with Crippen LogP contribution in [0.5, 0.6) is 0 Å². The number of hydrogen-bond donors (Lipinski definition) is 2. The van der Waals surface area contributed by atoms with Crippen LogP contribution in [0.15, 0.2) is 11.1 Å². The third-order valence-corrected chi connectivity index (χ3v) is 4.62. The number of rotatable bonds is 3. The zero-order valence-electron chi connectivity index (χ0n) is 9.05. The van der Waals surface area contributed by atoms with Gasteiger partial charge in [-0.3, -0.25) is 4.79 Å². The summed E-state index contributed by atoms with van der Waals surface area (Å²) in [6.45, 7) is 3.01. The highest BCUT2D eigenvalue weighted by Gasteiger charge is 2.29. The molecule has 1 saturated heterocycles. The van der Waals surface area contributed by atoms with Gasteiger partial charge in [-0.1, -0.05) is 11.6 Å². The molecule has 2 heterocycles. The Morgan fingerprint density at radius 1 is 1.75 bits per heavy atom. The van der Waals surface area contributed by atoms with Crippen LogP contribution in [-0.2, 0) is 0 Å². The molecule has 88 valence electrons. The highest BCUT2D eigenvalue weighted by atomic mass is 35.5. The smallest absolute Gasteiger partial charge is 0.271 e. The quantitative estimate of drug-likeness (QED) is 0.873. The molecule has 0 bridgehead atoms. The number of H-pyrrole nitrogens is 1. The largest absolute Gasteiger partial charge is 0.367 e. The van der Waals surface area contributed by atoms with Crippen molar-refractivity contribution >= 4 is 29.2 Å². The van der Waals surface area contributed by atoms with E-state index in [0.717, 1.165) is 6.54 Å². The third-order valence-electron chi connectivity index (χ3n) is 2.73. The number of anilines is 1. The first kappa shape index (κ1) is 11.8. The first-order valence-corrected chi connectivity index (χ1v) is 6.58. The predicted molar refractivity (Wildman–Crippen MR) is 68.5 cm³/mol. The van der Waals surface area contributed by atoms with Gasteiger partial charge < -0.3 is 10.3 Å². The number of aromatic amines is 1. The Balaban J connectivity index is 2.04. The van der Waals surface area contributed by atoms with Crippen molar-refractivity contribution in [3.05, 3.63) is 21.7 Å². The van der Waals surface area contributed by atoms with Crippen molar-refractivity contribution in [2.75, 3.05) is 17.6 Å². The monoisotopic (exact) mass is 259 g/mol. The lowest BCUT2D eigenvalue weighted by molar-refractivity contribution is 0.633. The number of nitrogens with zero attached hydrogens (tertiary/aromatic N) is 1. The van der Waals surface area contributed by atoms with E-state index >= 15 is 0 Å². The van der Waals surface area contributed by atoms with Gasteiger partial charge in [-0.05, 0) is 25.5 Å². The second-order valence-electron chi connectivity index (χ2n) is 4.15. The molecular weight excluding hydrogens is 246 g/mol. The maximum absolute atomic E-state index is 11.2. The Labute approximate surface area is 103 Å². The number of thioether (sulfide) groups is 1. The van der Waals surface area contributed by atoms with Crippen LogP contribution in [0, 0.1) is 0 Å². The van der Waals surface area contributed by atoms with Gasteiger partial charge in [-0.25, -0.2) is 4.98 Å². The van der Waals surface area contributed by atoms with Crippen molar-refractivity contribution in [2.45, 2.75) is 24.5 Å². The molecule has 4 nitrogen and oxygen atoms in total. The van der Waals surface area contributed by atoms with E-state index < -0.39 is 0 Å². The molecule has 16 heavy (non-hydrogen) atoms. The van der Waals surface area contributed by atoms with E-state index in [2.05, 4.69) is 22.2 Å². The molecule has 0 radical (unpaired) electrons. The van der Waals surface area contributed by atoms with E-state index in [9.17, 15) is 4.79 Å². The molecule has 1 aliphatic heterocycles. The summed E-state index contributed by atoms with van der Waals surface area (Å²) in [5.74, 6) is 1.67. The van der Waals surface area contributed by atoms with E-state index in [0.29, 0.717) is 5.82 Å².